The zero-order valence-electron chi connectivity index (χ0n) is 12.9. The Kier molecular flexibility index (Phi) is 3.51. The summed E-state index contributed by atoms with van der Waals surface area (Å²) in [5.41, 5.74) is 8.59. The van der Waals surface area contributed by atoms with Gasteiger partial charge in [-0.05, 0) is 69.8 Å². The number of hydrogen-bond donors (Lipinski definition) is 1. The third-order valence-electron chi connectivity index (χ3n) is 4.82. The molecule has 1 aromatic rings. The highest BCUT2D eigenvalue weighted by Crippen LogP contribution is 2.38. The average molecular weight is 274 g/mol. The van der Waals surface area contributed by atoms with Gasteiger partial charge in [-0.2, -0.15) is 0 Å². The molecule has 1 fully saturated rings. The minimum atomic E-state index is -0.0245. The van der Waals surface area contributed by atoms with Crippen LogP contribution in [0.1, 0.15) is 43.9 Å². The number of hydrogen-bond acceptors (Lipinski definition) is 3. The van der Waals surface area contributed by atoms with Crippen LogP contribution in [0.3, 0.4) is 0 Å². The van der Waals surface area contributed by atoms with E-state index in [1.165, 1.54) is 17.5 Å². The monoisotopic (exact) mass is 274 g/mol. The minimum absolute atomic E-state index is 0.0245. The van der Waals surface area contributed by atoms with Crippen molar-refractivity contribution in [3.05, 3.63) is 29.3 Å². The minimum Gasteiger partial charge on any atom is -0.488 e. The van der Waals surface area contributed by atoms with E-state index >= 15 is 0 Å². The molecule has 0 aromatic heterocycles. The SMILES string of the molecule is CN1CC(CN)CC1c1ccc2c(c1)CCC(C)(C)O2. The second-order valence-corrected chi connectivity index (χ2v) is 7.02. The molecule has 2 heterocycles. The highest BCUT2D eigenvalue weighted by atomic mass is 16.5. The molecule has 110 valence electrons. The third-order valence-corrected chi connectivity index (χ3v) is 4.82. The van der Waals surface area contributed by atoms with Crippen molar-refractivity contribution in [2.75, 3.05) is 20.1 Å². The fourth-order valence-corrected chi connectivity index (χ4v) is 3.55. The molecule has 2 aliphatic rings. The van der Waals surface area contributed by atoms with E-state index in [1.54, 1.807) is 0 Å². The Labute approximate surface area is 122 Å². The lowest BCUT2D eigenvalue weighted by Crippen LogP contribution is -2.32. The smallest absolute Gasteiger partial charge is 0.123 e. The van der Waals surface area contributed by atoms with E-state index in [1.807, 2.05) is 0 Å². The first-order valence-electron chi connectivity index (χ1n) is 7.70. The van der Waals surface area contributed by atoms with Gasteiger partial charge in [0.1, 0.15) is 11.4 Å². The zero-order valence-corrected chi connectivity index (χ0v) is 12.9. The van der Waals surface area contributed by atoms with E-state index in [-0.39, 0.29) is 5.60 Å². The molecule has 2 aliphatic heterocycles. The third kappa shape index (κ3) is 2.57. The number of ether oxygens (including phenoxy) is 1. The van der Waals surface area contributed by atoms with Crippen molar-refractivity contribution in [2.45, 2.75) is 44.8 Å². The summed E-state index contributed by atoms with van der Waals surface area (Å²) in [7, 11) is 2.21. The van der Waals surface area contributed by atoms with Gasteiger partial charge in [-0.25, -0.2) is 0 Å². The van der Waals surface area contributed by atoms with Crippen molar-refractivity contribution in [1.82, 2.24) is 4.90 Å². The quantitative estimate of drug-likeness (QED) is 0.901. The molecule has 0 spiro atoms. The average Bonchev–Trinajstić information content (AvgIpc) is 2.78. The van der Waals surface area contributed by atoms with Crippen LogP contribution in [0.15, 0.2) is 18.2 Å². The Morgan fingerprint density at radius 2 is 2.20 bits per heavy atom. The summed E-state index contributed by atoms with van der Waals surface area (Å²) in [6, 6.07) is 7.27. The largest absolute Gasteiger partial charge is 0.488 e. The molecular weight excluding hydrogens is 248 g/mol. The number of likely N-dealkylation sites (tertiary alicyclic amines) is 1. The Morgan fingerprint density at radius 3 is 2.90 bits per heavy atom. The number of fused-ring (bicyclic) bond motifs is 1. The Bertz CT molecular complexity index is 498. The summed E-state index contributed by atoms with van der Waals surface area (Å²) in [5, 5.41) is 0. The van der Waals surface area contributed by atoms with Crippen molar-refractivity contribution >= 4 is 0 Å². The van der Waals surface area contributed by atoms with Gasteiger partial charge in [-0.3, -0.25) is 4.90 Å². The molecule has 20 heavy (non-hydrogen) atoms. The summed E-state index contributed by atoms with van der Waals surface area (Å²) in [4.78, 5) is 2.44. The molecule has 3 heteroatoms. The standard InChI is InChI=1S/C17H26N2O/c1-17(2)7-6-14-9-13(4-5-16(14)20-17)15-8-12(10-18)11-19(15)3/h4-5,9,12,15H,6-8,10-11,18H2,1-3H3. The molecule has 0 saturated carbocycles. The van der Waals surface area contributed by atoms with Gasteiger partial charge in [0.2, 0.25) is 0 Å². The molecule has 3 rings (SSSR count). The molecule has 3 nitrogen and oxygen atoms in total. The second kappa shape index (κ2) is 5.05. The number of nitrogens with zero attached hydrogens (tertiary/aromatic N) is 1. The lowest BCUT2D eigenvalue weighted by molar-refractivity contribution is 0.0845. The first-order valence-corrected chi connectivity index (χ1v) is 7.70. The maximum atomic E-state index is 6.07. The Balaban J connectivity index is 1.83. The lowest BCUT2D eigenvalue weighted by Gasteiger charge is -2.33. The summed E-state index contributed by atoms with van der Waals surface area (Å²) in [5.74, 6) is 1.71. The normalized spacial score (nSPS) is 29.0. The van der Waals surface area contributed by atoms with Crippen molar-refractivity contribution in [3.63, 3.8) is 0 Å². The molecule has 0 bridgehead atoms. The van der Waals surface area contributed by atoms with Crippen LogP contribution in [0.2, 0.25) is 0 Å². The molecule has 0 radical (unpaired) electrons. The molecule has 2 atom stereocenters. The van der Waals surface area contributed by atoms with Crippen LogP contribution in [-0.2, 0) is 6.42 Å². The first-order chi connectivity index (χ1) is 9.48. The van der Waals surface area contributed by atoms with Crippen LogP contribution in [0.25, 0.3) is 0 Å². The van der Waals surface area contributed by atoms with Crippen molar-refractivity contribution < 1.29 is 4.74 Å². The van der Waals surface area contributed by atoms with E-state index in [0.29, 0.717) is 12.0 Å². The van der Waals surface area contributed by atoms with Gasteiger partial charge < -0.3 is 10.5 Å². The van der Waals surface area contributed by atoms with Crippen LogP contribution >= 0.6 is 0 Å². The first kappa shape index (κ1) is 13.9. The summed E-state index contributed by atoms with van der Waals surface area (Å²) in [6.07, 6.45) is 3.39. The predicted octanol–water partition coefficient (Wildman–Crippen LogP) is 2.74. The number of rotatable bonds is 2. The van der Waals surface area contributed by atoms with Crippen LogP contribution in [0.5, 0.6) is 5.75 Å². The maximum absolute atomic E-state index is 6.07. The second-order valence-electron chi connectivity index (χ2n) is 7.02. The van der Waals surface area contributed by atoms with Gasteiger partial charge in [0.15, 0.2) is 0 Å². The van der Waals surface area contributed by atoms with Crippen molar-refractivity contribution in [3.8, 4) is 5.75 Å². The topological polar surface area (TPSA) is 38.5 Å². The van der Waals surface area contributed by atoms with E-state index in [0.717, 1.165) is 31.7 Å². The maximum Gasteiger partial charge on any atom is 0.123 e. The molecular formula is C17H26N2O. The fraction of sp³-hybridized carbons (Fsp3) is 0.647. The molecule has 2 unspecified atom stereocenters. The van der Waals surface area contributed by atoms with Gasteiger partial charge in [-0.1, -0.05) is 12.1 Å². The number of aryl methyl sites for hydroxylation is 1. The highest BCUT2D eigenvalue weighted by Gasteiger charge is 2.31. The molecule has 0 aliphatic carbocycles. The zero-order chi connectivity index (χ0) is 14.3. The highest BCUT2D eigenvalue weighted by molar-refractivity contribution is 5.40. The Morgan fingerprint density at radius 1 is 1.40 bits per heavy atom. The fourth-order valence-electron chi connectivity index (χ4n) is 3.55. The predicted molar refractivity (Wildman–Crippen MR) is 82.0 cm³/mol. The van der Waals surface area contributed by atoms with Crippen molar-refractivity contribution in [2.24, 2.45) is 11.7 Å². The number of benzene rings is 1. The summed E-state index contributed by atoms with van der Waals surface area (Å²) in [6.45, 7) is 6.24. The molecule has 1 saturated heterocycles. The number of nitrogens with two attached hydrogens (primary N) is 1. The van der Waals surface area contributed by atoms with Crippen molar-refractivity contribution in [1.29, 1.82) is 0 Å². The Hall–Kier alpha value is -1.06. The van der Waals surface area contributed by atoms with E-state index in [9.17, 15) is 0 Å². The van der Waals surface area contributed by atoms with Gasteiger partial charge in [-0.15, -0.1) is 0 Å². The van der Waals surface area contributed by atoms with E-state index in [4.69, 9.17) is 10.5 Å². The summed E-state index contributed by atoms with van der Waals surface area (Å²) >= 11 is 0. The molecule has 1 aromatic carbocycles. The van der Waals surface area contributed by atoms with Gasteiger partial charge in [0, 0.05) is 12.6 Å². The van der Waals surface area contributed by atoms with Crippen LogP contribution in [0.4, 0.5) is 0 Å². The molecule has 0 amide bonds. The van der Waals surface area contributed by atoms with Gasteiger partial charge in [0.05, 0.1) is 0 Å². The van der Waals surface area contributed by atoms with Crippen LogP contribution in [-0.4, -0.2) is 30.6 Å². The van der Waals surface area contributed by atoms with Crippen LogP contribution in [0, 0.1) is 5.92 Å². The molecule has 2 N–H and O–H groups in total. The van der Waals surface area contributed by atoms with Gasteiger partial charge in [0.25, 0.3) is 0 Å². The van der Waals surface area contributed by atoms with Gasteiger partial charge >= 0.3 is 0 Å². The van der Waals surface area contributed by atoms with Crippen LogP contribution < -0.4 is 10.5 Å². The summed E-state index contributed by atoms with van der Waals surface area (Å²) < 4.78 is 6.07. The van der Waals surface area contributed by atoms with E-state index < -0.39 is 0 Å². The lowest BCUT2D eigenvalue weighted by atomic mass is 9.91. The van der Waals surface area contributed by atoms with E-state index in [2.05, 4.69) is 44.0 Å².